The van der Waals surface area contributed by atoms with E-state index in [-0.39, 0.29) is 22.8 Å². The van der Waals surface area contributed by atoms with Crippen LogP contribution in [-0.4, -0.2) is 54.8 Å². The molecule has 0 atom stereocenters. The highest BCUT2D eigenvalue weighted by atomic mass is 16.6. The van der Waals surface area contributed by atoms with Crippen LogP contribution in [0, 0.1) is 16.0 Å². The average Bonchev–Trinajstić information content (AvgIpc) is 2.89. The summed E-state index contributed by atoms with van der Waals surface area (Å²) in [5, 5.41) is 10.8. The maximum absolute atomic E-state index is 12.3. The van der Waals surface area contributed by atoms with Crippen LogP contribution in [0.2, 0.25) is 0 Å². The Bertz CT molecular complexity index is 921. The summed E-state index contributed by atoms with van der Waals surface area (Å²) in [7, 11) is 0. The molecule has 8 nitrogen and oxygen atoms in total. The van der Waals surface area contributed by atoms with Gasteiger partial charge in [0.2, 0.25) is 0 Å². The van der Waals surface area contributed by atoms with Crippen LogP contribution >= 0.6 is 0 Å². The van der Waals surface area contributed by atoms with Crippen molar-refractivity contribution in [2.24, 2.45) is 5.92 Å². The maximum atomic E-state index is 12.3. The number of piperidine rings is 2. The highest BCUT2D eigenvalue weighted by molar-refractivity contribution is 5.67. The number of non-ortho nitro benzene ring substituents is 1. The topological polar surface area (TPSA) is 85.1 Å². The van der Waals surface area contributed by atoms with Crippen LogP contribution in [0.5, 0.6) is 0 Å². The Kier molecular flexibility index (Phi) is 8.36. The van der Waals surface area contributed by atoms with E-state index in [9.17, 15) is 14.9 Å². The molecule has 2 heterocycles. The molecule has 0 unspecified atom stereocenters. The molecule has 2 aliphatic rings. The molecule has 2 aliphatic heterocycles. The third-order valence-corrected chi connectivity index (χ3v) is 6.83. The molecule has 0 spiro atoms. The summed E-state index contributed by atoms with van der Waals surface area (Å²) >= 11 is 0. The number of nitro groups is 1. The van der Waals surface area contributed by atoms with E-state index in [0.29, 0.717) is 25.6 Å². The van der Waals surface area contributed by atoms with Crippen molar-refractivity contribution in [3.8, 4) is 0 Å². The number of ether oxygens (including phenoxy) is 2. The number of benzene rings is 2. The maximum Gasteiger partial charge on any atom is 0.410 e. The van der Waals surface area contributed by atoms with Crippen molar-refractivity contribution in [3.63, 3.8) is 0 Å². The Labute approximate surface area is 200 Å². The number of hydrogen-bond acceptors (Lipinski definition) is 6. The first kappa shape index (κ1) is 24.0. The summed E-state index contributed by atoms with van der Waals surface area (Å²) in [5.41, 5.74) is 2.17. The molecule has 8 heteroatoms. The minimum Gasteiger partial charge on any atom is -0.445 e. The van der Waals surface area contributed by atoms with Gasteiger partial charge >= 0.3 is 6.09 Å². The molecule has 2 aromatic carbocycles. The van der Waals surface area contributed by atoms with Crippen LogP contribution < -0.4 is 4.90 Å². The number of likely N-dealkylation sites (tertiary alicyclic amines) is 1. The zero-order valence-electron chi connectivity index (χ0n) is 19.5. The number of hydrogen-bond donors (Lipinski definition) is 0. The van der Waals surface area contributed by atoms with Gasteiger partial charge in [-0.05, 0) is 55.7 Å². The standard InChI is InChI=1S/C26H33N3O5/c30-26(34-20-22-4-2-1-3-5-22)28-17-12-25(13-18-28)33-19-14-21-10-15-27(16-11-21)23-6-8-24(9-7-23)29(31)32/h1-9,21,25H,10-20H2. The SMILES string of the molecule is O=C(OCc1ccccc1)N1CCC(OCCC2CCN(c3ccc([N+](=O)[O-])cc3)CC2)CC1. The number of nitro benzene ring substituents is 1. The third-order valence-electron chi connectivity index (χ3n) is 6.83. The zero-order valence-corrected chi connectivity index (χ0v) is 19.5. The first-order valence-corrected chi connectivity index (χ1v) is 12.1. The molecule has 0 radical (unpaired) electrons. The van der Waals surface area contributed by atoms with Crippen molar-refractivity contribution in [1.29, 1.82) is 0 Å². The second-order valence-corrected chi connectivity index (χ2v) is 9.09. The van der Waals surface area contributed by atoms with Crippen molar-refractivity contribution in [2.45, 2.75) is 44.8 Å². The lowest BCUT2D eigenvalue weighted by molar-refractivity contribution is -0.384. The average molecular weight is 468 g/mol. The van der Waals surface area contributed by atoms with Crippen LogP contribution in [0.4, 0.5) is 16.2 Å². The molecule has 0 N–H and O–H groups in total. The summed E-state index contributed by atoms with van der Waals surface area (Å²) in [6.07, 6.45) is 4.91. The van der Waals surface area contributed by atoms with Gasteiger partial charge < -0.3 is 19.3 Å². The molecule has 0 bridgehead atoms. The van der Waals surface area contributed by atoms with Gasteiger partial charge in [0.15, 0.2) is 0 Å². The van der Waals surface area contributed by atoms with Crippen molar-refractivity contribution >= 4 is 17.5 Å². The van der Waals surface area contributed by atoms with Crippen LogP contribution in [0.3, 0.4) is 0 Å². The summed E-state index contributed by atoms with van der Waals surface area (Å²) in [4.78, 5) is 26.8. The molecule has 4 rings (SSSR count). The van der Waals surface area contributed by atoms with Gasteiger partial charge in [0.05, 0.1) is 11.0 Å². The molecular formula is C26H33N3O5. The normalized spacial score (nSPS) is 17.5. The Morgan fingerprint density at radius 2 is 1.62 bits per heavy atom. The van der Waals surface area contributed by atoms with Gasteiger partial charge in [0, 0.05) is 50.6 Å². The molecule has 0 saturated carbocycles. The van der Waals surface area contributed by atoms with E-state index in [1.807, 2.05) is 42.5 Å². The second kappa shape index (κ2) is 11.8. The Hall–Kier alpha value is -3.13. The monoisotopic (exact) mass is 467 g/mol. The van der Waals surface area contributed by atoms with Crippen LogP contribution in [-0.2, 0) is 16.1 Å². The Morgan fingerprint density at radius 3 is 2.26 bits per heavy atom. The van der Waals surface area contributed by atoms with Crippen molar-refractivity contribution < 1.29 is 19.2 Å². The lowest BCUT2D eigenvalue weighted by atomic mass is 9.93. The second-order valence-electron chi connectivity index (χ2n) is 9.09. The van der Waals surface area contributed by atoms with Crippen molar-refractivity contribution in [2.75, 3.05) is 37.7 Å². The highest BCUT2D eigenvalue weighted by Crippen LogP contribution is 2.27. The van der Waals surface area contributed by atoms with Gasteiger partial charge in [-0.1, -0.05) is 30.3 Å². The summed E-state index contributed by atoms with van der Waals surface area (Å²) < 4.78 is 11.6. The molecule has 2 fully saturated rings. The molecule has 2 saturated heterocycles. The molecule has 1 amide bonds. The number of amides is 1. The number of rotatable bonds is 8. The number of nitrogens with zero attached hydrogens (tertiary/aromatic N) is 3. The van der Waals surface area contributed by atoms with Gasteiger partial charge in [-0.15, -0.1) is 0 Å². The van der Waals surface area contributed by atoms with Gasteiger partial charge in [-0.3, -0.25) is 10.1 Å². The largest absolute Gasteiger partial charge is 0.445 e. The van der Waals surface area contributed by atoms with E-state index < -0.39 is 0 Å². The van der Waals surface area contributed by atoms with E-state index in [1.54, 1.807) is 17.0 Å². The summed E-state index contributed by atoms with van der Waals surface area (Å²) in [6, 6.07) is 16.5. The number of carbonyl (C=O) groups is 1. The molecule has 0 aromatic heterocycles. The fourth-order valence-corrected chi connectivity index (χ4v) is 4.68. The van der Waals surface area contributed by atoms with Gasteiger partial charge in [0.1, 0.15) is 6.61 Å². The Balaban J connectivity index is 1.09. The van der Waals surface area contributed by atoms with E-state index >= 15 is 0 Å². The molecule has 2 aromatic rings. The van der Waals surface area contributed by atoms with Gasteiger partial charge in [-0.2, -0.15) is 0 Å². The zero-order chi connectivity index (χ0) is 23.8. The Morgan fingerprint density at radius 1 is 0.941 bits per heavy atom. The molecule has 182 valence electrons. The fraction of sp³-hybridized carbons (Fsp3) is 0.500. The quantitative estimate of drug-likeness (QED) is 0.400. The van der Waals surface area contributed by atoms with Gasteiger partial charge in [0.25, 0.3) is 5.69 Å². The van der Waals surface area contributed by atoms with Crippen molar-refractivity contribution in [3.05, 3.63) is 70.3 Å². The summed E-state index contributed by atoms with van der Waals surface area (Å²) in [5.74, 6) is 0.641. The van der Waals surface area contributed by atoms with E-state index in [4.69, 9.17) is 9.47 Å². The predicted octanol–water partition coefficient (Wildman–Crippen LogP) is 5.02. The first-order chi connectivity index (χ1) is 16.6. The van der Waals surface area contributed by atoms with Crippen LogP contribution in [0.1, 0.15) is 37.7 Å². The van der Waals surface area contributed by atoms with E-state index in [1.165, 1.54) is 0 Å². The molecular weight excluding hydrogens is 434 g/mol. The lowest BCUT2D eigenvalue weighted by Crippen LogP contribution is -2.41. The lowest BCUT2D eigenvalue weighted by Gasteiger charge is -2.34. The number of anilines is 1. The smallest absolute Gasteiger partial charge is 0.410 e. The third kappa shape index (κ3) is 6.70. The first-order valence-electron chi connectivity index (χ1n) is 12.1. The number of carbonyl (C=O) groups excluding carboxylic acids is 1. The fourth-order valence-electron chi connectivity index (χ4n) is 4.68. The van der Waals surface area contributed by atoms with Crippen LogP contribution in [0.15, 0.2) is 54.6 Å². The van der Waals surface area contributed by atoms with Gasteiger partial charge in [-0.25, -0.2) is 4.79 Å². The minimum absolute atomic E-state index is 0.130. The minimum atomic E-state index is -0.364. The highest BCUT2D eigenvalue weighted by Gasteiger charge is 2.25. The van der Waals surface area contributed by atoms with Crippen LogP contribution in [0.25, 0.3) is 0 Å². The molecule has 0 aliphatic carbocycles. The van der Waals surface area contributed by atoms with E-state index in [0.717, 1.165) is 63.1 Å². The molecule has 34 heavy (non-hydrogen) atoms. The van der Waals surface area contributed by atoms with E-state index in [2.05, 4.69) is 4.90 Å². The predicted molar refractivity (Wildman–Crippen MR) is 130 cm³/mol. The summed E-state index contributed by atoms with van der Waals surface area (Å²) in [6.45, 7) is 4.33. The van der Waals surface area contributed by atoms with Crippen molar-refractivity contribution in [1.82, 2.24) is 4.90 Å².